The number of alkyl halides is 2. The lowest BCUT2D eigenvalue weighted by molar-refractivity contribution is -0.492. The first-order chi connectivity index (χ1) is 14.2. The summed E-state index contributed by atoms with van der Waals surface area (Å²) in [7, 11) is 0. The van der Waals surface area contributed by atoms with Crippen molar-refractivity contribution in [2.24, 2.45) is 0 Å². The molecule has 0 unspecified atom stereocenters. The number of aryl methyl sites for hydroxylation is 1. The van der Waals surface area contributed by atoms with E-state index < -0.39 is 16.8 Å². The van der Waals surface area contributed by atoms with E-state index in [1.165, 1.54) is 5.56 Å². The highest BCUT2D eigenvalue weighted by atomic mass is 19.3. The van der Waals surface area contributed by atoms with Gasteiger partial charge in [-0.1, -0.05) is 32.9 Å². The summed E-state index contributed by atoms with van der Waals surface area (Å²) in [6.07, 6.45) is 0. The smallest absolute Gasteiger partial charge is 0.266 e. The molecule has 31 heavy (non-hydrogen) atoms. The number of benzene rings is 2. The SMILES string of the molecule is Cc1nc2c(C(C)(C)C)cccc2c2[nH]c3cc4c(cc3[n+]12)C(C)(C)C(F)(F)C4(C)C. The van der Waals surface area contributed by atoms with Crippen LogP contribution in [-0.2, 0) is 16.2 Å². The van der Waals surface area contributed by atoms with Gasteiger partial charge in [0.2, 0.25) is 11.5 Å². The lowest BCUT2D eigenvalue weighted by Gasteiger charge is -2.35. The zero-order valence-corrected chi connectivity index (χ0v) is 19.5. The van der Waals surface area contributed by atoms with Crippen molar-refractivity contribution in [1.29, 1.82) is 0 Å². The Bertz CT molecular complexity index is 1400. The topological polar surface area (TPSA) is 32.8 Å². The fourth-order valence-corrected chi connectivity index (χ4v) is 5.53. The van der Waals surface area contributed by atoms with Crippen molar-refractivity contribution in [3.63, 3.8) is 0 Å². The van der Waals surface area contributed by atoms with E-state index in [9.17, 15) is 0 Å². The molecule has 2 aromatic carbocycles. The maximum Gasteiger partial charge on any atom is 0.266 e. The fourth-order valence-electron chi connectivity index (χ4n) is 5.53. The van der Waals surface area contributed by atoms with Crippen LogP contribution in [0.5, 0.6) is 0 Å². The van der Waals surface area contributed by atoms with Gasteiger partial charge in [-0.2, -0.15) is 4.40 Å². The molecule has 0 saturated heterocycles. The van der Waals surface area contributed by atoms with Crippen molar-refractivity contribution in [1.82, 2.24) is 9.97 Å². The van der Waals surface area contributed by atoms with Gasteiger partial charge in [-0.05, 0) is 62.4 Å². The summed E-state index contributed by atoms with van der Waals surface area (Å²) in [5.41, 5.74) is 3.79. The van der Waals surface area contributed by atoms with E-state index in [1.54, 1.807) is 27.7 Å². The average molecular weight is 423 g/mol. The molecule has 5 rings (SSSR count). The quantitative estimate of drug-likeness (QED) is 0.333. The van der Waals surface area contributed by atoms with Gasteiger partial charge in [0.15, 0.2) is 5.52 Å². The highest BCUT2D eigenvalue weighted by Gasteiger charge is 2.65. The zero-order chi connectivity index (χ0) is 22.7. The number of halogens is 2. The van der Waals surface area contributed by atoms with Crippen LogP contribution in [0, 0.1) is 6.92 Å². The third kappa shape index (κ3) is 2.32. The summed E-state index contributed by atoms with van der Waals surface area (Å²) in [4.78, 5) is 8.52. The number of rotatable bonds is 0. The van der Waals surface area contributed by atoms with Crippen LogP contribution >= 0.6 is 0 Å². The third-order valence-electron chi connectivity index (χ3n) is 7.47. The molecular weight excluding hydrogens is 392 g/mol. The van der Waals surface area contributed by atoms with Crippen LogP contribution in [0.1, 0.15) is 71.0 Å². The molecule has 162 valence electrons. The molecule has 1 aliphatic rings. The van der Waals surface area contributed by atoms with Crippen LogP contribution in [0.25, 0.3) is 27.6 Å². The molecule has 4 aromatic rings. The van der Waals surface area contributed by atoms with Gasteiger partial charge in [-0.3, -0.25) is 4.98 Å². The van der Waals surface area contributed by atoms with E-state index in [4.69, 9.17) is 4.98 Å². The Morgan fingerprint density at radius 3 is 2.19 bits per heavy atom. The Morgan fingerprint density at radius 1 is 0.968 bits per heavy atom. The molecule has 0 saturated carbocycles. The number of para-hydroxylation sites is 1. The molecule has 3 nitrogen and oxygen atoms in total. The molecule has 0 atom stereocenters. The summed E-state index contributed by atoms with van der Waals surface area (Å²) in [6.45, 7) is 15.2. The molecule has 0 radical (unpaired) electrons. The summed E-state index contributed by atoms with van der Waals surface area (Å²) in [5, 5.41) is 1.04. The monoisotopic (exact) mass is 422 g/mol. The van der Waals surface area contributed by atoms with Crippen molar-refractivity contribution in [2.45, 2.75) is 77.6 Å². The average Bonchev–Trinajstić information content (AvgIpc) is 3.08. The Labute approximate surface area is 181 Å². The number of nitrogens with one attached hydrogen (secondary N) is 1. The first kappa shape index (κ1) is 20.3. The molecule has 0 amide bonds. The van der Waals surface area contributed by atoms with Gasteiger partial charge in [0.1, 0.15) is 11.0 Å². The largest absolute Gasteiger partial charge is 0.269 e. The number of aromatic amines is 1. The van der Waals surface area contributed by atoms with E-state index in [-0.39, 0.29) is 5.41 Å². The Balaban J connectivity index is 1.93. The van der Waals surface area contributed by atoms with Gasteiger partial charge >= 0.3 is 0 Å². The number of aromatic nitrogens is 3. The van der Waals surface area contributed by atoms with Crippen LogP contribution in [0.3, 0.4) is 0 Å². The predicted octanol–water partition coefficient (Wildman–Crippen LogP) is 6.26. The van der Waals surface area contributed by atoms with Crippen molar-refractivity contribution in [3.05, 3.63) is 52.8 Å². The van der Waals surface area contributed by atoms with Gasteiger partial charge in [0, 0.05) is 12.5 Å². The highest BCUT2D eigenvalue weighted by Crippen LogP contribution is 2.59. The summed E-state index contributed by atoms with van der Waals surface area (Å²) < 4.78 is 32.8. The Kier molecular flexibility index (Phi) is 3.69. The summed E-state index contributed by atoms with van der Waals surface area (Å²) in [5.74, 6) is -2.00. The molecule has 2 aromatic heterocycles. The first-order valence-electron chi connectivity index (χ1n) is 10.9. The summed E-state index contributed by atoms with van der Waals surface area (Å²) >= 11 is 0. The first-order valence-corrected chi connectivity index (χ1v) is 10.9. The van der Waals surface area contributed by atoms with Crippen molar-refractivity contribution < 1.29 is 13.2 Å². The van der Waals surface area contributed by atoms with Gasteiger partial charge in [0.05, 0.1) is 16.2 Å². The minimum absolute atomic E-state index is 0.0376. The maximum atomic E-state index is 15.4. The second kappa shape index (κ2) is 5.62. The molecule has 0 spiro atoms. The van der Waals surface area contributed by atoms with E-state index in [1.807, 2.05) is 19.1 Å². The number of hydrogen-bond donors (Lipinski definition) is 1. The van der Waals surface area contributed by atoms with Crippen LogP contribution in [0.4, 0.5) is 8.78 Å². The van der Waals surface area contributed by atoms with Crippen LogP contribution < -0.4 is 4.40 Å². The Morgan fingerprint density at radius 2 is 1.58 bits per heavy atom. The standard InChI is InChI=1S/C26H29F2N3/c1-14-29-21-15(10-9-11-16(21)23(2,3)4)22-30-19-12-17-18(13-20(19)31(14)22)25(7,8)26(27,28)24(17,5)6/h9-13H,1-8H3/p+1. The van der Waals surface area contributed by atoms with Crippen LogP contribution in [0.15, 0.2) is 30.3 Å². The zero-order valence-electron chi connectivity index (χ0n) is 19.5. The second-order valence-electron chi connectivity index (χ2n) is 11.2. The number of imidazole rings is 1. The number of hydrogen-bond acceptors (Lipinski definition) is 1. The highest BCUT2D eigenvalue weighted by molar-refractivity contribution is 5.94. The van der Waals surface area contributed by atoms with E-state index >= 15 is 8.78 Å². The molecule has 5 heteroatoms. The molecular formula is C26H30F2N3+. The van der Waals surface area contributed by atoms with Crippen molar-refractivity contribution >= 4 is 27.6 Å². The Hall–Kier alpha value is -2.56. The van der Waals surface area contributed by atoms with Crippen molar-refractivity contribution in [3.8, 4) is 0 Å². The van der Waals surface area contributed by atoms with Gasteiger partial charge in [-0.15, -0.1) is 4.98 Å². The van der Waals surface area contributed by atoms with Crippen LogP contribution in [-0.4, -0.2) is 15.9 Å². The van der Waals surface area contributed by atoms with Gasteiger partial charge < -0.3 is 0 Å². The van der Waals surface area contributed by atoms with Gasteiger partial charge in [0.25, 0.3) is 5.92 Å². The fraction of sp³-hybridized carbons (Fsp3) is 0.462. The molecule has 0 aliphatic heterocycles. The number of H-pyrrole nitrogens is 1. The van der Waals surface area contributed by atoms with E-state index in [0.29, 0.717) is 11.1 Å². The van der Waals surface area contributed by atoms with Gasteiger partial charge in [-0.25, -0.2) is 8.78 Å². The second-order valence-corrected chi connectivity index (χ2v) is 11.2. The molecule has 2 heterocycles. The molecule has 1 aliphatic carbocycles. The summed E-state index contributed by atoms with van der Waals surface area (Å²) in [6, 6.07) is 10.2. The van der Waals surface area contributed by atoms with E-state index in [2.05, 4.69) is 48.4 Å². The molecule has 1 N–H and O–H groups in total. The van der Waals surface area contributed by atoms with Crippen molar-refractivity contribution in [2.75, 3.05) is 0 Å². The lowest BCUT2D eigenvalue weighted by atomic mass is 9.77. The maximum absolute atomic E-state index is 15.4. The van der Waals surface area contributed by atoms with Crippen LogP contribution in [0.2, 0.25) is 0 Å². The lowest BCUT2D eigenvalue weighted by Crippen LogP contribution is -2.46. The van der Waals surface area contributed by atoms with E-state index in [0.717, 1.165) is 33.4 Å². The molecule has 0 fully saturated rings. The minimum Gasteiger partial charge on any atom is -0.269 e. The normalized spacial score (nSPS) is 19.4. The molecule has 0 bridgehead atoms. The minimum atomic E-state index is -2.84. The third-order valence-corrected chi connectivity index (χ3v) is 7.47. The number of fused-ring (bicyclic) bond motifs is 6. The predicted molar refractivity (Wildman–Crippen MR) is 121 cm³/mol. The number of nitrogens with zero attached hydrogens (tertiary/aromatic N) is 2.